The zero-order valence-corrected chi connectivity index (χ0v) is 11.4. The number of nitrogens with zero attached hydrogens (tertiary/aromatic N) is 4. The van der Waals surface area contributed by atoms with E-state index in [1.165, 1.54) is 11.3 Å². The Morgan fingerprint density at radius 3 is 2.89 bits per heavy atom. The largest absolute Gasteiger partial charge is 0.342 e. The standard InChI is InChI=1S/C12H14N4O2S/c1-8-11(18)13-12-16(14-8)9(7-19-12)6-10(17)15-4-2-3-5-15/h7H,2-6H2,1H3. The second kappa shape index (κ2) is 4.73. The van der Waals surface area contributed by atoms with E-state index in [1.54, 1.807) is 11.4 Å². The minimum absolute atomic E-state index is 0.121. The lowest BCUT2D eigenvalue weighted by molar-refractivity contribution is -0.129. The molecule has 3 rings (SSSR count). The van der Waals surface area contributed by atoms with E-state index in [9.17, 15) is 9.59 Å². The molecule has 6 nitrogen and oxygen atoms in total. The third-order valence-corrected chi connectivity index (χ3v) is 4.17. The van der Waals surface area contributed by atoms with E-state index in [-0.39, 0.29) is 11.5 Å². The van der Waals surface area contributed by atoms with Gasteiger partial charge in [-0.1, -0.05) is 0 Å². The van der Waals surface area contributed by atoms with Gasteiger partial charge in [0.1, 0.15) is 5.69 Å². The van der Waals surface area contributed by atoms with Crippen LogP contribution in [-0.2, 0) is 11.2 Å². The highest BCUT2D eigenvalue weighted by atomic mass is 32.1. The van der Waals surface area contributed by atoms with Crippen LogP contribution < -0.4 is 5.56 Å². The first kappa shape index (κ1) is 12.3. The van der Waals surface area contributed by atoms with Crippen LogP contribution in [0.25, 0.3) is 4.96 Å². The molecule has 0 aliphatic carbocycles. The zero-order chi connectivity index (χ0) is 13.4. The van der Waals surface area contributed by atoms with E-state index in [1.807, 2.05) is 10.3 Å². The summed E-state index contributed by atoms with van der Waals surface area (Å²) in [6, 6.07) is 0. The lowest BCUT2D eigenvalue weighted by Gasteiger charge is -2.14. The molecule has 1 saturated heterocycles. The zero-order valence-electron chi connectivity index (χ0n) is 10.6. The topological polar surface area (TPSA) is 67.6 Å². The third kappa shape index (κ3) is 2.25. The molecule has 1 fully saturated rings. The van der Waals surface area contributed by atoms with E-state index in [0.717, 1.165) is 31.6 Å². The minimum atomic E-state index is -0.306. The molecule has 0 atom stereocenters. The minimum Gasteiger partial charge on any atom is -0.342 e. The summed E-state index contributed by atoms with van der Waals surface area (Å²) in [7, 11) is 0. The average Bonchev–Trinajstić information content (AvgIpc) is 3.01. The molecule has 19 heavy (non-hydrogen) atoms. The maximum Gasteiger partial charge on any atom is 0.295 e. The third-order valence-electron chi connectivity index (χ3n) is 3.30. The summed E-state index contributed by atoms with van der Waals surface area (Å²) in [6.45, 7) is 3.33. The van der Waals surface area contributed by atoms with Crippen molar-refractivity contribution in [2.75, 3.05) is 13.1 Å². The average molecular weight is 278 g/mol. The second-order valence-corrected chi connectivity index (χ2v) is 5.53. The van der Waals surface area contributed by atoms with Gasteiger partial charge >= 0.3 is 0 Å². The molecule has 0 bridgehead atoms. The maximum atomic E-state index is 12.1. The quantitative estimate of drug-likeness (QED) is 0.808. The molecular formula is C12H14N4O2S. The fourth-order valence-electron chi connectivity index (χ4n) is 2.23. The molecule has 1 aliphatic heterocycles. The van der Waals surface area contributed by atoms with Crippen molar-refractivity contribution in [1.82, 2.24) is 19.5 Å². The van der Waals surface area contributed by atoms with Crippen LogP contribution >= 0.6 is 11.3 Å². The number of carbonyl (C=O) groups excluding carboxylic acids is 1. The number of amides is 1. The van der Waals surface area contributed by atoms with E-state index >= 15 is 0 Å². The summed E-state index contributed by atoms with van der Waals surface area (Å²) in [4.78, 5) is 29.9. The number of carbonyl (C=O) groups is 1. The second-order valence-electron chi connectivity index (χ2n) is 4.69. The van der Waals surface area contributed by atoms with Crippen LogP contribution in [0, 0.1) is 6.92 Å². The molecule has 0 radical (unpaired) electrons. The molecule has 1 aliphatic rings. The highest BCUT2D eigenvalue weighted by Crippen LogP contribution is 2.15. The van der Waals surface area contributed by atoms with Crippen LogP contribution in [0.2, 0.25) is 0 Å². The first-order chi connectivity index (χ1) is 9.15. The van der Waals surface area contributed by atoms with Crippen LogP contribution in [0.5, 0.6) is 0 Å². The molecule has 0 aromatic carbocycles. The monoisotopic (exact) mass is 278 g/mol. The Hall–Kier alpha value is -1.76. The number of likely N-dealkylation sites (tertiary alicyclic amines) is 1. The van der Waals surface area contributed by atoms with Gasteiger partial charge in [-0.15, -0.1) is 11.3 Å². The van der Waals surface area contributed by atoms with Crippen LogP contribution in [0.4, 0.5) is 0 Å². The smallest absolute Gasteiger partial charge is 0.295 e. The van der Waals surface area contributed by atoms with Gasteiger partial charge in [-0.2, -0.15) is 10.1 Å². The number of rotatable bonds is 2. The molecular weight excluding hydrogens is 264 g/mol. The number of aryl methyl sites for hydroxylation is 1. The van der Waals surface area contributed by atoms with E-state index in [0.29, 0.717) is 17.1 Å². The molecule has 7 heteroatoms. The van der Waals surface area contributed by atoms with Crippen molar-refractivity contribution < 1.29 is 4.79 Å². The number of fused-ring (bicyclic) bond motifs is 1. The number of hydrogen-bond donors (Lipinski definition) is 0. The molecule has 0 N–H and O–H groups in total. The van der Waals surface area contributed by atoms with Gasteiger partial charge in [-0.25, -0.2) is 4.52 Å². The van der Waals surface area contributed by atoms with Crippen LogP contribution in [0.1, 0.15) is 24.2 Å². The van der Waals surface area contributed by atoms with Gasteiger partial charge in [-0.05, 0) is 19.8 Å². The number of thiazole rings is 1. The van der Waals surface area contributed by atoms with Crippen LogP contribution in [-0.4, -0.2) is 38.5 Å². The summed E-state index contributed by atoms with van der Waals surface area (Å²) >= 11 is 1.34. The van der Waals surface area contributed by atoms with Crippen molar-refractivity contribution >= 4 is 22.2 Å². The van der Waals surface area contributed by atoms with Crippen molar-refractivity contribution in [2.45, 2.75) is 26.2 Å². The molecule has 2 aromatic rings. The fourth-order valence-corrected chi connectivity index (χ4v) is 3.05. The van der Waals surface area contributed by atoms with Crippen LogP contribution in [0.3, 0.4) is 0 Å². The Morgan fingerprint density at radius 2 is 2.16 bits per heavy atom. The van der Waals surface area contributed by atoms with Gasteiger partial charge in [0.2, 0.25) is 10.9 Å². The van der Waals surface area contributed by atoms with Crippen molar-refractivity contribution in [3.05, 3.63) is 27.1 Å². The van der Waals surface area contributed by atoms with Crippen molar-refractivity contribution in [1.29, 1.82) is 0 Å². The van der Waals surface area contributed by atoms with Gasteiger partial charge in [0.15, 0.2) is 0 Å². The molecule has 1 amide bonds. The predicted octanol–water partition coefficient (Wildman–Crippen LogP) is 0.624. The lowest BCUT2D eigenvalue weighted by Crippen LogP contribution is -2.29. The first-order valence-corrected chi connectivity index (χ1v) is 7.15. The van der Waals surface area contributed by atoms with Crippen molar-refractivity contribution in [3.8, 4) is 0 Å². The molecule has 0 spiro atoms. The highest BCUT2D eigenvalue weighted by molar-refractivity contribution is 7.15. The summed E-state index contributed by atoms with van der Waals surface area (Å²) in [5.74, 6) is 0.121. The van der Waals surface area contributed by atoms with Gasteiger partial charge in [-0.3, -0.25) is 9.59 Å². The SMILES string of the molecule is Cc1nn2c(CC(=O)N3CCCC3)csc2nc1=O. The molecule has 100 valence electrons. The van der Waals surface area contributed by atoms with Gasteiger partial charge in [0.05, 0.1) is 12.1 Å². The molecule has 0 unspecified atom stereocenters. The maximum absolute atomic E-state index is 12.1. The Labute approximate surface area is 113 Å². The van der Waals surface area contributed by atoms with E-state index in [2.05, 4.69) is 10.1 Å². The molecule has 3 heterocycles. The Kier molecular flexibility index (Phi) is 3.06. The highest BCUT2D eigenvalue weighted by Gasteiger charge is 2.20. The Balaban J connectivity index is 1.90. The lowest BCUT2D eigenvalue weighted by atomic mass is 10.3. The van der Waals surface area contributed by atoms with Crippen LogP contribution in [0.15, 0.2) is 10.2 Å². The fraction of sp³-hybridized carbons (Fsp3) is 0.500. The molecule has 0 saturated carbocycles. The van der Waals surface area contributed by atoms with Crippen molar-refractivity contribution in [2.24, 2.45) is 0 Å². The van der Waals surface area contributed by atoms with Gasteiger partial charge in [0.25, 0.3) is 5.56 Å². The summed E-state index contributed by atoms with van der Waals surface area (Å²) in [6.07, 6.45) is 2.49. The predicted molar refractivity (Wildman–Crippen MR) is 71.4 cm³/mol. The Morgan fingerprint density at radius 1 is 1.42 bits per heavy atom. The van der Waals surface area contributed by atoms with E-state index in [4.69, 9.17) is 0 Å². The van der Waals surface area contributed by atoms with Gasteiger partial charge < -0.3 is 4.90 Å². The number of hydrogen-bond acceptors (Lipinski definition) is 5. The van der Waals surface area contributed by atoms with Crippen molar-refractivity contribution in [3.63, 3.8) is 0 Å². The Bertz CT molecular complexity index is 685. The summed E-state index contributed by atoms with van der Waals surface area (Å²) in [5.41, 5.74) is 0.845. The molecule has 2 aromatic heterocycles. The summed E-state index contributed by atoms with van der Waals surface area (Å²) in [5, 5.41) is 6.05. The number of aromatic nitrogens is 3. The van der Waals surface area contributed by atoms with Gasteiger partial charge in [0, 0.05) is 18.5 Å². The van der Waals surface area contributed by atoms with E-state index < -0.39 is 0 Å². The normalized spacial score (nSPS) is 15.3. The summed E-state index contributed by atoms with van der Waals surface area (Å²) < 4.78 is 1.61. The first-order valence-electron chi connectivity index (χ1n) is 6.27.